The van der Waals surface area contributed by atoms with Gasteiger partial charge in [-0.05, 0) is 31.2 Å². The lowest BCUT2D eigenvalue weighted by atomic mass is 9.83. The van der Waals surface area contributed by atoms with Crippen LogP contribution in [0, 0.1) is 22.7 Å². The average Bonchev–Trinajstić information content (AvgIpc) is 3.32. The Balaban J connectivity index is 0.00000225. The third kappa shape index (κ3) is 3.48. The number of hydrogen-bond acceptors (Lipinski definition) is 7. The van der Waals surface area contributed by atoms with E-state index < -0.39 is 11.3 Å². The SMILES string of the molecule is Cl.N#C[C@@]1(C2CC2)CCN(c2ccnc(Nc3cnn(CC(N)=O)c3)n2)C1=O. The highest BCUT2D eigenvalue weighted by Crippen LogP contribution is 2.51. The molecule has 0 spiro atoms. The molecule has 2 amide bonds. The van der Waals surface area contributed by atoms with Crippen LogP contribution in [0.5, 0.6) is 0 Å². The summed E-state index contributed by atoms with van der Waals surface area (Å²) in [5, 5.41) is 16.6. The van der Waals surface area contributed by atoms with Gasteiger partial charge in [-0.2, -0.15) is 15.3 Å². The smallest absolute Gasteiger partial charge is 0.248 e. The molecule has 0 unspecified atom stereocenters. The van der Waals surface area contributed by atoms with Gasteiger partial charge < -0.3 is 11.1 Å². The molecule has 1 aliphatic heterocycles. The van der Waals surface area contributed by atoms with Gasteiger partial charge in [-0.15, -0.1) is 12.4 Å². The van der Waals surface area contributed by atoms with E-state index in [9.17, 15) is 14.9 Å². The Morgan fingerprint density at radius 1 is 1.46 bits per heavy atom. The molecule has 28 heavy (non-hydrogen) atoms. The number of hydrogen-bond donors (Lipinski definition) is 2. The van der Waals surface area contributed by atoms with Crippen molar-refractivity contribution in [2.24, 2.45) is 17.1 Å². The minimum atomic E-state index is -0.908. The van der Waals surface area contributed by atoms with Crippen LogP contribution in [0.3, 0.4) is 0 Å². The molecule has 11 heteroatoms. The third-order valence-corrected chi connectivity index (χ3v) is 4.95. The number of aromatic nitrogens is 4. The van der Waals surface area contributed by atoms with Crippen molar-refractivity contribution in [3.63, 3.8) is 0 Å². The van der Waals surface area contributed by atoms with E-state index in [1.54, 1.807) is 23.4 Å². The molecule has 0 bridgehead atoms. The maximum absolute atomic E-state index is 12.9. The zero-order valence-electron chi connectivity index (χ0n) is 14.9. The van der Waals surface area contributed by atoms with E-state index in [2.05, 4.69) is 26.5 Å². The van der Waals surface area contributed by atoms with Crippen molar-refractivity contribution in [1.82, 2.24) is 19.7 Å². The van der Waals surface area contributed by atoms with Crippen LogP contribution in [0.15, 0.2) is 24.7 Å². The number of primary amides is 1. The molecule has 1 atom stereocenters. The van der Waals surface area contributed by atoms with Gasteiger partial charge in [0.1, 0.15) is 17.8 Å². The molecule has 146 valence electrons. The summed E-state index contributed by atoms with van der Waals surface area (Å²) in [6.07, 6.45) is 7.07. The molecule has 3 N–H and O–H groups in total. The van der Waals surface area contributed by atoms with Crippen molar-refractivity contribution in [2.75, 3.05) is 16.8 Å². The zero-order chi connectivity index (χ0) is 19.0. The molecule has 0 radical (unpaired) electrons. The molecule has 3 heterocycles. The van der Waals surface area contributed by atoms with E-state index in [-0.39, 0.29) is 30.8 Å². The Hall–Kier alpha value is -3.19. The number of nitrogens with one attached hydrogen (secondary N) is 1. The second-order valence-electron chi connectivity index (χ2n) is 6.82. The quantitative estimate of drug-likeness (QED) is 0.732. The van der Waals surface area contributed by atoms with Gasteiger partial charge in [-0.3, -0.25) is 19.2 Å². The molecule has 1 aliphatic carbocycles. The van der Waals surface area contributed by atoms with Gasteiger partial charge in [0.05, 0.1) is 18.0 Å². The summed E-state index contributed by atoms with van der Waals surface area (Å²) in [5.41, 5.74) is 4.82. The first-order valence-corrected chi connectivity index (χ1v) is 8.66. The van der Waals surface area contributed by atoms with Crippen LogP contribution in [0.2, 0.25) is 0 Å². The first-order chi connectivity index (χ1) is 13.0. The lowest BCUT2D eigenvalue weighted by Gasteiger charge is -2.20. The molecule has 10 nitrogen and oxygen atoms in total. The molecule has 1 saturated heterocycles. The second kappa shape index (κ2) is 7.44. The largest absolute Gasteiger partial charge is 0.368 e. The molecular weight excluding hydrogens is 384 g/mol. The maximum atomic E-state index is 12.9. The van der Waals surface area contributed by atoms with Gasteiger partial charge in [0.2, 0.25) is 17.8 Å². The molecule has 2 aliphatic rings. The molecule has 0 aromatic carbocycles. The van der Waals surface area contributed by atoms with Crippen molar-refractivity contribution >= 4 is 41.7 Å². The normalized spacial score (nSPS) is 21.1. The Labute approximate surface area is 167 Å². The number of nitriles is 1. The summed E-state index contributed by atoms with van der Waals surface area (Å²) in [7, 11) is 0. The Kier molecular flexibility index (Phi) is 5.20. The molecule has 2 aromatic heterocycles. The van der Waals surface area contributed by atoms with Crippen LogP contribution in [-0.4, -0.2) is 38.1 Å². The summed E-state index contributed by atoms with van der Waals surface area (Å²) < 4.78 is 1.40. The minimum absolute atomic E-state index is 0. The summed E-state index contributed by atoms with van der Waals surface area (Å²) in [6, 6.07) is 3.92. The predicted molar refractivity (Wildman–Crippen MR) is 102 cm³/mol. The van der Waals surface area contributed by atoms with Crippen molar-refractivity contribution in [1.29, 1.82) is 5.26 Å². The van der Waals surface area contributed by atoms with E-state index in [1.165, 1.54) is 10.9 Å². The van der Waals surface area contributed by atoms with Crippen LogP contribution in [-0.2, 0) is 16.1 Å². The predicted octanol–water partition coefficient (Wildman–Crippen LogP) is 0.980. The van der Waals surface area contributed by atoms with Crippen molar-refractivity contribution in [2.45, 2.75) is 25.8 Å². The molecule has 2 fully saturated rings. The lowest BCUT2D eigenvalue weighted by molar-refractivity contribution is -0.124. The summed E-state index contributed by atoms with van der Waals surface area (Å²) in [6.45, 7) is 0.443. The van der Waals surface area contributed by atoms with Crippen LogP contribution >= 0.6 is 12.4 Å². The van der Waals surface area contributed by atoms with Crippen molar-refractivity contribution < 1.29 is 9.59 Å². The number of carbonyl (C=O) groups excluding carboxylic acids is 2. The lowest BCUT2D eigenvalue weighted by Crippen LogP contribution is -2.35. The zero-order valence-corrected chi connectivity index (χ0v) is 15.7. The number of halogens is 1. The molecule has 4 rings (SSSR count). The van der Waals surface area contributed by atoms with Gasteiger partial charge in [0.25, 0.3) is 0 Å². The highest BCUT2D eigenvalue weighted by atomic mass is 35.5. The van der Waals surface area contributed by atoms with Gasteiger partial charge >= 0.3 is 0 Å². The van der Waals surface area contributed by atoms with E-state index in [0.29, 0.717) is 30.4 Å². The van der Waals surface area contributed by atoms with Crippen molar-refractivity contribution in [3.8, 4) is 6.07 Å². The number of amides is 2. The fraction of sp³-hybridized carbons (Fsp3) is 0.412. The van der Waals surface area contributed by atoms with Gasteiger partial charge in [-0.25, -0.2) is 4.98 Å². The first-order valence-electron chi connectivity index (χ1n) is 8.66. The second-order valence-corrected chi connectivity index (χ2v) is 6.82. The number of rotatable bonds is 6. The van der Waals surface area contributed by atoms with Crippen LogP contribution in [0.4, 0.5) is 17.5 Å². The monoisotopic (exact) mass is 402 g/mol. The first kappa shape index (κ1) is 19.6. The van der Waals surface area contributed by atoms with E-state index in [0.717, 1.165) is 12.8 Å². The Morgan fingerprint density at radius 2 is 2.25 bits per heavy atom. The van der Waals surface area contributed by atoms with Crippen LogP contribution in [0.25, 0.3) is 0 Å². The van der Waals surface area contributed by atoms with E-state index in [4.69, 9.17) is 5.73 Å². The molecular formula is C17H19ClN8O2. The summed E-state index contributed by atoms with van der Waals surface area (Å²) in [4.78, 5) is 33.9. The summed E-state index contributed by atoms with van der Waals surface area (Å²) >= 11 is 0. The highest BCUT2D eigenvalue weighted by Gasteiger charge is 2.57. The summed E-state index contributed by atoms with van der Waals surface area (Å²) in [5.74, 6) is 0.244. The standard InChI is InChI=1S/C17H18N8O2.ClH/c18-10-17(11-1-2-11)4-6-25(15(17)27)14-3-5-20-16(23-14)22-12-7-21-24(8-12)9-13(19)26;/h3,5,7-8,11H,1-2,4,6,9H2,(H2,19,26)(H,20,22,23);1H/t17-;/m1./s1. The number of carbonyl (C=O) groups is 2. The van der Waals surface area contributed by atoms with E-state index >= 15 is 0 Å². The fourth-order valence-electron chi connectivity index (χ4n) is 3.47. The highest BCUT2D eigenvalue weighted by molar-refractivity contribution is 6.01. The minimum Gasteiger partial charge on any atom is -0.368 e. The topological polar surface area (TPSA) is 143 Å². The number of nitrogens with zero attached hydrogens (tertiary/aromatic N) is 6. The number of nitrogens with two attached hydrogens (primary N) is 1. The van der Waals surface area contributed by atoms with Gasteiger partial charge in [0.15, 0.2) is 0 Å². The fourth-order valence-corrected chi connectivity index (χ4v) is 3.47. The van der Waals surface area contributed by atoms with Crippen molar-refractivity contribution in [3.05, 3.63) is 24.7 Å². The third-order valence-electron chi connectivity index (χ3n) is 4.95. The maximum Gasteiger partial charge on any atom is 0.248 e. The van der Waals surface area contributed by atoms with Gasteiger partial charge in [0, 0.05) is 18.9 Å². The molecule has 1 saturated carbocycles. The number of anilines is 3. The van der Waals surface area contributed by atoms with Gasteiger partial charge in [-0.1, -0.05) is 0 Å². The Bertz CT molecular complexity index is 951. The Morgan fingerprint density at radius 3 is 2.93 bits per heavy atom. The van der Waals surface area contributed by atoms with Crippen LogP contribution < -0.4 is 16.0 Å². The van der Waals surface area contributed by atoms with E-state index in [1.807, 2.05) is 0 Å². The van der Waals surface area contributed by atoms with Crippen LogP contribution in [0.1, 0.15) is 19.3 Å². The average molecular weight is 403 g/mol. The molecule has 2 aromatic rings.